The SMILES string of the molecule is CCNC(=NCc1ccc(C(F)(F)F)cc1)NCCOc1ccc2c(c1)CCC(=O)N2.I. The molecule has 1 amide bonds. The zero-order chi connectivity index (χ0) is 22.3. The minimum absolute atomic E-state index is 0. The molecule has 0 unspecified atom stereocenters. The van der Waals surface area contributed by atoms with E-state index in [4.69, 9.17) is 4.74 Å². The van der Waals surface area contributed by atoms with Crippen molar-refractivity contribution in [1.29, 1.82) is 0 Å². The Kier molecular flexibility index (Phi) is 9.60. The lowest BCUT2D eigenvalue weighted by Crippen LogP contribution is -2.39. The lowest BCUT2D eigenvalue weighted by Gasteiger charge is -2.18. The van der Waals surface area contributed by atoms with Crippen LogP contribution >= 0.6 is 24.0 Å². The number of carbonyl (C=O) groups excluding carboxylic acids is 1. The molecule has 0 aliphatic carbocycles. The molecule has 10 heteroatoms. The molecule has 0 aromatic heterocycles. The molecule has 32 heavy (non-hydrogen) atoms. The minimum Gasteiger partial charge on any atom is -0.492 e. The van der Waals surface area contributed by atoms with Crippen LogP contribution in [0.4, 0.5) is 18.9 Å². The van der Waals surface area contributed by atoms with Gasteiger partial charge in [0.25, 0.3) is 0 Å². The summed E-state index contributed by atoms with van der Waals surface area (Å²) in [5.74, 6) is 1.31. The van der Waals surface area contributed by atoms with Gasteiger partial charge in [-0.2, -0.15) is 13.2 Å². The number of fused-ring (bicyclic) bond motifs is 1. The van der Waals surface area contributed by atoms with E-state index in [1.165, 1.54) is 12.1 Å². The summed E-state index contributed by atoms with van der Waals surface area (Å²) in [5.41, 5.74) is 1.89. The average Bonchev–Trinajstić information content (AvgIpc) is 2.74. The molecule has 3 rings (SSSR count). The van der Waals surface area contributed by atoms with E-state index < -0.39 is 11.7 Å². The van der Waals surface area contributed by atoms with Crippen molar-refractivity contribution in [2.24, 2.45) is 4.99 Å². The van der Waals surface area contributed by atoms with Gasteiger partial charge in [0, 0.05) is 18.7 Å². The highest BCUT2D eigenvalue weighted by Gasteiger charge is 2.29. The van der Waals surface area contributed by atoms with Crippen molar-refractivity contribution < 1.29 is 22.7 Å². The standard InChI is InChI=1S/C22H25F3N4O2.HI/c1-2-26-21(28-14-15-3-6-17(7-4-15)22(23,24)25)27-11-12-31-18-8-9-19-16(13-18)5-10-20(30)29-19;/h3-4,6-9,13H,2,5,10-12,14H2,1H3,(H,29,30)(H2,26,27,28);1H. The summed E-state index contributed by atoms with van der Waals surface area (Å²) in [6.07, 6.45) is -3.18. The van der Waals surface area contributed by atoms with Crippen LogP contribution in [0.25, 0.3) is 0 Å². The number of guanidine groups is 1. The van der Waals surface area contributed by atoms with Crippen LogP contribution in [0.5, 0.6) is 5.75 Å². The zero-order valence-corrected chi connectivity index (χ0v) is 19.9. The average molecular weight is 562 g/mol. The van der Waals surface area contributed by atoms with Gasteiger partial charge in [0.2, 0.25) is 5.91 Å². The summed E-state index contributed by atoms with van der Waals surface area (Å²) >= 11 is 0. The maximum Gasteiger partial charge on any atom is 0.416 e. The molecule has 174 valence electrons. The maximum atomic E-state index is 12.7. The second-order valence-electron chi connectivity index (χ2n) is 7.03. The Morgan fingerprint density at radius 3 is 2.56 bits per heavy atom. The number of aliphatic imine (C=N–C) groups is 1. The van der Waals surface area contributed by atoms with Crippen molar-refractivity contribution in [3.05, 3.63) is 59.2 Å². The third-order valence-corrected chi connectivity index (χ3v) is 4.68. The van der Waals surface area contributed by atoms with Gasteiger partial charge in [0.05, 0.1) is 18.7 Å². The molecule has 2 aromatic rings. The van der Waals surface area contributed by atoms with Crippen LogP contribution in [0.15, 0.2) is 47.5 Å². The Balaban J connectivity index is 0.00000363. The van der Waals surface area contributed by atoms with Crippen LogP contribution in [0.3, 0.4) is 0 Å². The monoisotopic (exact) mass is 562 g/mol. The van der Waals surface area contributed by atoms with E-state index in [0.29, 0.717) is 44.1 Å². The van der Waals surface area contributed by atoms with Crippen LogP contribution in [0.2, 0.25) is 0 Å². The molecule has 0 saturated carbocycles. The maximum absolute atomic E-state index is 12.7. The van der Waals surface area contributed by atoms with Crippen LogP contribution in [0, 0.1) is 0 Å². The molecule has 2 aromatic carbocycles. The van der Waals surface area contributed by atoms with Crippen molar-refractivity contribution in [3.8, 4) is 5.75 Å². The number of hydrogen-bond acceptors (Lipinski definition) is 3. The number of nitrogens with zero attached hydrogens (tertiary/aromatic N) is 1. The first-order valence-corrected chi connectivity index (χ1v) is 10.1. The number of amides is 1. The molecule has 0 radical (unpaired) electrons. The second kappa shape index (κ2) is 11.9. The van der Waals surface area contributed by atoms with Crippen LogP contribution in [-0.4, -0.2) is 31.6 Å². The largest absolute Gasteiger partial charge is 0.492 e. The van der Waals surface area contributed by atoms with Gasteiger partial charge >= 0.3 is 6.18 Å². The van der Waals surface area contributed by atoms with Crippen molar-refractivity contribution >= 4 is 41.5 Å². The van der Waals surface area contributed by atoms with E-state index in [2.05, 4.69) is 20.9 Å². The number of halogens is 4. The van der Waals surface area contributed by atoms with Crippen LogP contribution in [0.1, 0.15) is 30.0 Å². The molecule has 0 fully saturated rings. The quantitative estimate of drug-likeness (QED) is 0.203. The Hall–Kier alpha value is -2.50. The van der Waals surface area contributed by atoms with Crippen LogP contribution < -0.4 is 20.7 Å². The topological polar surface area (TPSA) is 74.8 Å². The number of rotatable bonds is 7. The molecule has 0 bridgehead atoms. The molecule has 3 N–H and O–H groups in total. The molecule has 1 heterocycles. The zero-order valence-electron chi connectivity index (χ0n) is 17.6. The summed E-state index contributed by atoms with van der Waals surface area (Å²) in [4.78, 5) is 15.8. The van der Waals surface area contributed by atoms with Crippen molar-refractivity contribution in [1.82, 2.24) is 10.6 Å². The number of alkyl halides is 3. The highest BCUT2D eigenvalue weighted by atomic mass is 127. The van der Waals surface area contributed by atoms with Gasteiger partial charge < -0.3 is 20.7 Å². The molecule has 0 atom stereocenters. The molecule has 1 aliphatic rings. The van der Waals surface area contributed by atoms with Gasteiger partial charge in [0.15, 0.2) is 5.96 Å². The van der Waals surface area contributed by atoms with E-state index in [-0.39, 0.29) is 36.4 Å². The van der Waals surface area contributed by atoms with Crippen molar-refractivity contribution in [2.75, 3.05) is 25.0 Å². The van der Waals surface area contributed by atoms with Gasteiger partial charge in [0.1, 0.15) is 12.4 Å². The van der Waals surface area contributed by atoms with Gasteiger partial charge in [-0.3, -0.25) is 4.79 Å². The van der Waals surface area contributed by atoms with Crippen molar-refractivity contribution in [2.45, 2.75) is 32.5 Å². The number of benzene rings is 2. The third kappa shape index (κ3) is 7.57. The first-order valence-electron chi connectivity index (χ1n) is 10.1. The van der Waals surface area contributed by atoms with E-state index in [1.807, 2.05) is 25.1 Å². The number of nitrogens with one attached hydrogen (secondary N) is 3. The van der Waals surface area contributed by atoms with Gasteiger partial charge in [-0.15, -0.1) is 24.0 Å². The summed E-state index contributed by atoms with van der Waals surface area (Å²) in [7, 11) is 0. The van der Waals surface area contributed by atoms with E-state index in [9.17, 15) is 18.0 Å². The number of hydrogen-bond donors (Lipinski definition) is 3. The Morgan fingerprint density at radius 1 is 1.12 bits per heavy atom. The fraction of sp³-hybridized carbons (Fsp3) is 0.364. The predicted octanol–water partition coefficient (Wildman–Crippen LogP) is 4.34. The summed E-state index contributed by atoms with van der Waals surface area (Å²) in [5, 5.41) is 9.07. The van der Waals surface area contributed by atoms with E-state index in [1.54, 1.807) is 0 Å². The molecule has 0 saturated heterocycles. The summed E-state index contributed by atoms with van der Waals surface area (Å²) in [6, 6.07) is 10.6. The molecule has 6 nitrogen and oxygen atoms in total. The number of ether oxygens (including phenoxy) is 1. The van der Waals surface area contributed by atoms with Gasteiger partial charge in [-0.1, -0.05) is 12.1 Å². The molecule has 1 aliphatic heterocycles. The molecular formula is C22H26F3IN4O2. The second-order valence-corrected chi connectivity index (χ2v) is 7.03. The molecular weight excluding hydrogens is 536 g/mol. The van der Waals surface area contributed by atoms with Gasteiger partial charge in [-0.25, -0.2) is 4.99 Å². The first-order chi connectivity index (χ1) is 14.8. The predicted molar refractivity (Wildman–Crippen MR) is 129 cm³/mol. The smallest absolute Gasteiger partial charge is 0.416 e. The molecule has 0 spiro atoms. The fourth-order valence-electron chi connectivity index (χ4n) is 3.10. The Morgan fingerprint density at radius 2 is 1.88 bits per heavy atom. The number of aryl methyl sites for hydroxylation is 1. The van der Waals surface area contributed by atoms with Crippen LogP contribution in [-0.2, 0) is 23.9 Å². The highest BCUT2D eigenvalue weighted by molar-refractivity contribution is 14.0. The summed E-state index contributed by atoms with van der Waals surface area (Å²) < 4.78 is 43.7. The number of carbonyl (C=O) groups is 1. The minimum atomic E-state index is -4.34. The third-order valence-electron chi connectivity index (χ3n) is 4.68. The lowest BCUT2D eigenvalue weighted by molar-refractivity contribution is -0.137. The fourth-order valence-corrected chi connectivity index (χ4v) is 3.10. The van der Waals surface area contributed by atoms with Gasteiger partial charge in [-0.05, 0) is 54.8 Å². The highest BCUT2D eigenvalue weighted by Crippen LogP contribution is 2.29. The Labute approximate surface area is 202 Å². The Bertz CT molecular complexity index is 934. The summed E-state index contributed by atoms with van der Waals surface area (Å²) in [6.45, 7) is 3.72. The van der Waals surface area contributed by atoms with Crippen molar-refractivity contribution in [3.63, 3.8) is 0 Å². The van der Waals surface area contributed by atoms with E-state index >= 15 is 0 Å². The number of anilines is 1. The first kappa shape index (κ1) is 25.8. The van der Waals surface area contributed by atoms with E-state index in [0.717, 1.165) is 29.1 Å². The normalized spacial score (nSPS) is 13.5. The lowest BCUT2D eigenvalue weighted by atomic mass is 10.0.